The van der Waals surface area contributed by atoms with Crippen LogP contribution in [-0.2, 0) is 24.8 Å². The minimum absolute atomic E-state index is 0.0218. The van der Waals surface area contributed by atoms with Gasteiger partial charge in [-0.05, 0) is 31.2 Å². The van der Waals surface area contributed by atoms with E-state index in [4.69, 9.17) is 5.11 Å². The molecule has 0 aromatic heterocycles. The molecular formula is C13H20N2O6S2. The van der Waals surface area contributed by atoms with Gasteiger partial charge in [0.25, 0.3) is 0 Å². The first kappa shape index (κ1) is 19.6. The van der Waals surface area contributed by atoms with Crippen LogP contribution in [-0.4, -0.2) is 51.3 Å². The Morgan fingerprint density at radius 3 is 1.91 bits per heavy atom. The molecule has 8 nitrogen and oxygen atoms in total. The first-order valence-corrected chi connectivity index (χ1v) is 9.84. The summed E-state index contributed by atoms with van der Waals surface area (Å²) in [5.41, 5.74) is 0. The number of nitrogens with one attached hydrogen (secondary N) is 1. The Morgan fingerprint density at radius 2 is 1.52 bits per heavy atom. The zero-order chi connectivity index (χ0) is 17.8. The molecule has 10 heteroatoms. The van der Waals surface area contributed by atoms with Gasteiger partial charge in [0, 0.05) is 13.1 Å². The summed E-state index contributed by atoms with van der Waals surface area (Å²) in [6, 6.07) is 3.35. The van der Waals surface area contributed by atoms with Crippen LogP contribution in [0.15, 0.2) is 34.1 Å². The lowest BCUT2D eigenvalue weighted by atomic mass is 10.4. The smallest absolute Gasteiger partial charge is 0.321 e. The lowest BCUT2D eigenvalue weighted by Gasteiger charge is -2.18. The zero-order valence-electron chi connectivity index (χ0n) is 13.1. The average Bonchev–Trinajstić information content (AvgIpc) is 2.47. The van der Waals surface area contributed by atoms with Crippen molar-refractivity contribution in [3.63, 3.8) is 0 Å². The number of carboxylic acid groups (broad SMARTS) is 1. The zero-order valence-corrected chi connectivity index (χ0v) is 14.7. The van der Waals surface area contributed by atoms with E-state index in [2.05, 4.69) is 0 Å². The van der Waals surface area contributed by atoms with E-state index in [1.165, 1.54) is 23.4 Å². The summed E-state index contributed by atoms with van der Waals surface area (Å²) in [6.45, 7) is 5.21. The van der Waals surface area contributed by atoms with Crippen LogP contribution in [0.5, 0.6) is 0 Å². The van der Waals surface area contributed by atoms with Gasteiger partial charge in [-0.1, -0.05) is 13.8 Å². The Labute approximate surface area is 136 Å². The summed E-state index contributed by atoms with van der Waals surface area (Å²) in [5, 5.41) is 8.75. The van der Waals surface area contributed by atoms with Crippen molar-refractivity contribution in [3.8, 4) is 0 Å². The minimum atomic E-state index is -4.04. The molecule has 0 bridgehead atoms. The highest BCUT2D eigenvalue weighted by Crippen LogP contribution is 2.18. The van der Waals surface area contributed by atoms with Gasteiger partial charge >= 0.3 is 5.97 Å². The molecule has 1 rings (SSSR count). The number of carboxylic acids is 1. The van der Waals surface area contributed by atoms with Gasteiger partial charge in [0.15, 0.2) is 0 Å². The van der Waals surface area contributed by atoms with Crippen molar-refractivity contribution < 1.29 is 26.7 Å². The molecule has 0 heterocycles. The molecule has 0 unspecified atom stereocenters. The van der Waals surface area contributed by atoms with Crippen LogP contribution in [0.4, 0.5) is 0 Å². The van der Waals surface area contributed by atoms with Crippen molar-refractivity contribution in [3.05, 3.63) is 24.3 Å². The summed E-state index contributed by atoms with van der Waals surface area (Å²) < 4.78 is 51.9. The number of hydrogen-bond donors (Lipinski definition) is 2. The van der Waals surface area contributed by atoms with E-state index in [0.717, 1.165) is 12.1 Å². The van der Waals surface area contributed by atoms with Crippen molar-refractivity contribution in [1.29, 1.82) is 0 Å². The van der Waals surface area contributed by atoms with Crippen molar-refractivity contribution >= 4 is 26.0 Å². The Bertz CT molecular complexity index is 752. The van der Waals surface area contributed by atoms with Crippen LogP contribution in [0, 0.1) is 0 Å². The fourth-order valence-electron chi connectivity index (χ4n) is 1.85. The molecule has 1 atom stereocenters. The largest absolute Gasteiger partial charge is 0.480 e. The number of benzene rings is 1. The van der Waals surface area contributed by atoms with E-state index in [9.17, 15) is 21.6 Å². The normalized spacial score (nSPS) is 13.9. The number of rotatable bonds is 8. The molecule has 0 saturated carbocycles. The summed E-state index contributed by atoms with van der Waals surface area (Å²) in [5.74, 6) is -1.31. The molecule has 2 N–H and O–H groups in total. The molecule has 1 aromatic rings. The third-order valence-electron chi connectivity index (χ3n) is 3.18. The lowest BCUT2D eigenvalue weighted by Crippen LogP contribution is -2.38. The van der Waals surface area contributed by atoms with Gasteiger partial charge in [-0.3, -0.25) is 4.79 Å². The summed E-state index contributed by atoms with van der Waals surface area (Å²) >= 11 is 0. The monoisotopic (exact) mass is 364 g/mol. The number of nitrogens with zero attached hydrogens (tertiary/aromatic N) is 1. The third-order valence-corrected chi connectivity index (χ3v) is 6.80. The highest BCUT2D eigenvalue weighted by atomic mass is 32.2. The van der Waals surface area contributed by atoms with Crippen LogP contribution in [0.3, 0.4) is 0 Å². The molecule has 0 aliphatic heterocycles. The first-order chi connectivity index (χ1) is 10.6. The number of sulfonamides is 2. The SMILES string of the molecule is CCN(CC)S(=O)(=O)c1ccc(S(=O)(=O)N[C@H](C)C(=O)O)cc1. The second-order valence-electron chi connectivity index (χ2n) is 4.74. The van der Waals surface area contributed by atoms with Gasteiger partial charge in [0.1, 0.15) is 6.04 Å². The Kier molecular flexibility index (Phi) is 6.28. The predicted molar refractivity (Wildman–Crippen MR) is 84.0 cm³/mol. The molecule has 0 aliphatic carbocycles. The fraction of sp³-hybridized carbons (Fsp3) is 0.462. The Balaban J connectivity index is 3.12. The average molecular weight is 364 g/mol. The standard InChI is InChI=1S/C13H20N2O6S2/c1-4-15(5-2)23(20,21)12-8-6-11(7-9-12)22(18,19)14-10(3)13(16)17/h6-10,14H,4-5H2,1-3H3,(H,16,17)/t10-/m1/s1. The molecule has 130 valence electrons. The van der Waals surface area contributed by atoms with Crippen LogP contribution in [0.2, 0.25) is 0 Å². The van der Waals surface area contributed by atoms with E-state index >= 15 is 0 Å². The molecule has 0 saturated heterocycles. The molecular weight excluding hydrogens is 344 g/mol. The maximum absolute atomic E-state index is 12.3. The van der Waals surface area contributed by atoms with Gasteiger partial charge in [-0.25, -0.2) is 16.8 Å². The highest BCUT2D eigenvalue weighted by molar-refractivity contribution is 7.89. The topological polar surface area (TPSA) is 121 Å². The number of carbonyl (C=O) groups is 1. The Hall–Kier alpha value is -1.49. The quantitative estimate of drug-likeness (QED) is 0.692. The van der Waals surface area contributed by atoms with Gasteiger partial charge in [0.2, 0.25) is 20.0 Å². The lowest BCUT2D eigenvalue weighted by molar-refractivity contribution is -0.138. The second-order valence-corrected chi connectivity index (χ2v) is 8.39. The van der Waals surface area contributed by atoms with Crippen molar-refractivity contribution in [2.24, 2.45) is 0 Å². The summed E-state index contributed by atoms with van der Waals surface area (Å²) in [6.07, 6.45) is 0. The number of aliphatic carboxylic acids is 1. The van der Waals surface area contributed by atoms with Crippen molar-refractivity contribution in [2.75, 3.05) is 13.1 Å². The number of hydrogen-bond acceptors (Lipinski definition) is 5. The van der Waals surface area contributed by atoms with E-state index < -0.39 is 32.1 Å². The van der Waals surface area contributed by atoms with Gasteiger partial charge < -0.3 is 5.11 Å². The molecule has 1 aromatic carbocycles. The molecule has 0 radical (unpaired) electrons. The Morgan fingerprint density at radius 1 is 1.09 bits per heavy atom. The van der Waals surface area contributed by atoms with Gasteiger partial charge in [0.05, 0.1) is 9.79 Å². The third kappa shape index (κ3) is 4.50. The predicted octanol–water partition coefficient (Wildman–Crippen LogP) is 0.469. The van der Waals surface area contributed by atoms with E-state index in [0.29, 0.717) is 13.1 Å². The van der Waals surface area contributed by atoms with E-state index in [-0.39, 0.29) is 9.79 Å². The molecule has 0 aliphatic rings. The van der Waals surface area contributed by atoms with Crippen molar-refractivity contribution in [2.45, 2.75) is 36.6 Å². The maximum Gasteiger partial charge on any atom is 0.321 e. The molecule has 0 amide bonds. The highest BCUT2D eigenvalue weighted by Gasteiger charge is 2.24. The molecule has 0 spiro atoms. The van der Waals surface area contributed by atoms with Crippen LogP contribution < -0.4 is 4.72 Å². The van der Waals surface area contributed by atoms with E-state index in [1.807, 2.05) is 4.72 Å². The van der Waals surface area contributed by atoms with Crippen molar-refractivity contribution in [1.82, 2.24) is 9.03 Å². The molecule has 0 fully saturated rings. The van der Waals surface area contributed by atoms with Crippen LogP contribution >= 0.6 is 0 Å². The molecule has 23 heavy (non-hydrogen) atoms. The maximum atomic E-state index is 12.3. The van der Waals surface area contributed by atoms with Crippen LogP contribution in [0.1, 0.15) is 20.8 Å². The van der Waals surface area contributed by atoms with Gasteiger partial charge in [-0.15, -0.1) is 0 Å². The second kappa shape index (κ2) is 7.39. The minimum Gasteiger partial charge on any atom is -0.480 e. The first-order valence-electron chi connectivity index (χ1n) is 6.91. The fourth-order valence-corrected chi connectivity index (χ4v) is 4.51. The van der Waals surface area contributed by atoms with E-state index in [1.54, 1.807) is 13.8 Å². The van der Waals surface area contributed by atoms with Crippen LogP contribution in [0.25, 0.3) is 0 Å². The summed E-state index contributed by atoms with van der Waals surface area (Å²) in [7, 11) is -7.71. The summed E-state index contributed by atoms with van der Waals surface area (Å²) in [4.78, 5) is 10.5. The van der Waals surface area contributed by atoms with Gasteiger partial charge in [-0.2, -0.15) is 9.03 Å².